The van der Waals surface area contributed by atoms with Gasteiger partial charge in [-0.05, 0) is 49.4 Å². The number of ether oxygens (including phenoxy) is 5. The number of esters is 2. The zero-order valence-corrected chi connectivity index (χ0v) is 63.1. The molecule has 7 unspecified atom stereocenters. The summed E-state index contributed by atoms with van der Waals surface area (Å²) in [6, 6.07) is 21.2. The number of aliphatic hydroxyl groups is 4. The van der Waals surface area contributed by atoms with Crippen molar-refractivity contribution in [3.05, 3.63) is 113 Å². The Balaban J connectivity index is 1.10. The average Bonchev–Trinajstić information content (AvgIpc) is 1.18. The van der Waals surface area contributed by atoms with Crippen molar-refractivity contribution in [2.24, 2.45) is 21.2 Å². The van der Waals surface area contributed by atoms with Crippen molar-refractivity contribution in [2.75, 3.05) is 82.3 Å². The van der Waals surface area contributed by atoms with Crippen LogP contribution < -0.4 is 20.9 Å². The van der Waals surface area contributed by atoms with Crippen LogP contribution in [0.1, 0.15) is 147 Å². The fourth-order valence-corrected chi connectivity index (χ4v) is 17.1. The lowest BCUT2D eigenvalue weighted by molar-refractivity contribution is -0.272. The Morgan fingerprint density at radius 3 is 2.15 bits per heavy atom. The Hall–Kier alpha value is -6.52. The van der Waals surface area contributed by atoms with Gasteiger partial charge in [-0.15, -0.1) is 0 Å². The maximum atomic E-state index is 15.2. The number of hydrogen-bond acceptors (Lipinski definition) is 26. The number of nitrogens with one attached hydrogen (secondary N) is 3. The van der Waals surface area contributed by atoms with Crippen LogP contribution in [0.2, 0.25) is 0 Å². The number of benzene rings is 3. The van der Waals surface area contributed by atoms with Crippen molar-refractivity contribution >= 4 is 113 Å². The number of rotatable bonds is 42. The van der Waals surface area contributed by atoms with Crippen LogP contribution in [0.25, 0.3) is 4.85 Å². The lowest BCUT2D eigenvalue weighted by Crippen LogP contribution is -2.64. The largest absolute Gasteiger partial charge is 0.465 e. The van der Waals surface area contributed by atoms with Crippen LogP contribution in [0.15, 0.2) is 89.2 Å². The molecule has 0 spiro atoms. The minimum absolute atomic E-state index is 0.0579. The van der Waals surface area contributed by atoms with E-state index in [0.29, 0.717) is 32.5 Å². The van der Waals surface area contributed by atoms with Crippen molar-refractivity contribution in [3.63, 3.8) is 0 Å². The second kappa shape index (κ2) is 40.3. The molecular weight excluding hydrogens is 1430 g/mol. The maximum absolute atomic E-state index is 15.2. The third kappa shape index (κ3) is 23.2. The number of thioether (sulfide) groups is 1. The number of amides is 4. The number of aliphatic hydroxyl groups excluding tert-OH is 4. The first-order valence-corrected chi connectivity index (χ1v) is 39.3. The summed E-state index contributed by atoms with van der Waals surface area (Å²) >= 11 is 7.03. The van der Waals surface area contributed by atoms with Gasteiger partial charge in [-0.2, -0.15) is 13.5 Å². The highest BCUT2D eigenvalue weighted by Crippen LogP contribution is 2.58. The Bertz CT molecular complexity index is 3610. The van der Waals surface area contributed by atoms with E-state index in [9.17, 15) is 67.0 Å². The van der Waals surface area contributed by atoms with Crippen LogP contribution in [0.3, 0.4) is 0 Å². The molecule has 3 aliphatic heterocycles. The molecule has 1 saturated heterocycles. The zero-order chi connectivity index (χ0) is 75.7. The van der Waals surface area contributed by atoms with Gasteiger partial charge in [0, 0.05) is 100 Å². The van der Waals surface area contributed by atoms with Gasteiger partial charge in [0.05, 0.1) is 62.2 Å². The normalized spacial score (nSPS) is 20.7. The van der Waals surface area contributed by atoms with Gasteiger partial charge in [0.25, 0.3) is 10.1 Å². The van der Waals surface area contributed by atoms with Crippen molar-refractivity contribution < 1.29 is 95.4 Å². The van der Waals surface area contributed by atoms with E-state index in [1.807, 2.05) is 36.4 Å². The van der Waals surface area contributed by atoms with Crippen LogP contribution in [-0.4, -0.2) is 213 Å². The van der Waals surface area contributed by atoms with Gasteiger partial charge in [-0.25, -0.2) is 6.57 Å². The van der Waals surface area contributed by atoms with Gasteiger partial charge in [0.15, 0.2) is 12.1 Å². The molecule has 0 saturated carbocycles. The molecule has 1 fully saturated rings. The summed E-state index contributed by atoms with van der Waals surface area (Å²) in [6.07, 6.45) is -6.97. The van der Waals surface area contributed by atoms with Gasteiger partial charge in [0.2, 0.25) is 29.2 Å². The summed E-state index contributed by atoms with van der Waals surface area (Å²) in [5.74, 6) is -3.17. The molecule has 0 aliphatic carbocycles. The average molecular weight is 1530 g/mol. The van der Waals surface area contributed by atoms with E-state index in [1.54, 1.807) is 93.9 Å². The number of hydrogen-bond donors (Lipinski definition) is 8. The molecule has 0 radical (unpaired) electrons. The Morgan fingerprint density at radius 1 is 0.796 bits per heavy atom. The predicted molar refractivity (Wildman–Crippen MR) is 391 cm³/mol. The van der Waals surface area contributed by atoms with E-state index in [1.165, 1.54) is 28.5 Å². The molecule has 566 valence electrons. The number of anilines is 1. The number of carbonyl (C=O) groups is 8. The van der Waals surface area contributed by atoms with E-state index >= 15 is 4.79 Å². The highest BCUT2D eigenvalue weighted by Gasteiger charge is 2.63. The zero-order valence-electron chi connectivity index (χ0n) is 59.0. The van der Waals surface area contributed by atoms with Crippen LogP contribution in [0.5, 0.6) is 0 Å². The Morgan fingerprint density at radius 2 is 1.47 bits per heavy atom. The SMILES string of the molecule is [C-]#[N+]C(C)(CCC(=O)OCCN1N=NC2c3ccccc3N(C(=O)CCCC(=O)C(CCC(=O)CCSSCCOC(=O)CC)S(=O)(=O)O)Cc3ccccc3C21)CC(C)(C(=O)NCCOCCO[C@@H]1O[C@H](CO)C(O)[C@H](O)[C@H]1NC(C)=O)C(C)(C)C(C)(SC(=S)c1ccccc1)C(=O)NCCO. The number of carbonyl (C=O) groups excluding carboxylic acids is 8. The van der Waals surface area contributed by atoms with Crippen LogP contribution in [0.4, 0.5) is 5.69 Å². The first-order valence-electron chi connectivity index (χ1n) is 34.0. The molecule has 6 rings (SSSR count). The number of fused-ring (bicyclic) bond motifs is 5. The van der Waals surface area contributed by atoms with Crippen molar-refractivity contribution in [1.82, 2.24) is 21.0 Å². The van der Waals surface area contributed by atoms with Gasteiger partial charge in [-0.1, -0.05) is 144 Å². The summed E-state index contributed by atoms with van der Waals surface area (Å²) in [4.78, 5) is 113. The summed E-state index contributed by atoms with van der Waals surface area (Å²) in [7, 11) is -2.08. The predicted octanol–water partition coefficient (Wildman–Crippen LogP) is 6.56. The molecule has 28 nitrogen and oxygen atoms in total. The summed E-state index contributed by atoms with van der Waals surface area (Å²) in [5, 5.41) is 58.1. The van der Waals surface area contributed by atoms with Crippen LogP contribution in [-0.2, 0) is 78.7 Å². The van der Waals surface area contributed by atoms with Crippen LogP contribution in [0, 0.1) is 17.4 Å². The molecule has 0 bridgehead atoms. The topological polar surface area (TPSA) is 390 Å². The van der Waals surface area contributed by atoms with E-state index in [-0.39, 0.29) is 141 Å². The second-order valence-electron chi connectivity index (χ2n) is 26.3. The smallest absolute Gasteiger partial charge is 0.306 e. The van der Waals surface area contributed by atoms with E-state index in [4.69, 9.17) is 47.6 Å². The van der Waals surface area contributed by atoms with Gasteiger partial charge >= 0.3 is 11.9 Å². The monoisotopic (exact) mass is 1530 g/mol. The molecule has 8 N–H and O–H groups in total. The van der Waals surface area contributed by atoms with E-state index < -0.39 is 122 Å². The first kappa shape index (κ1) is 85.4. The van der Waals surface area contributed by atoms with Crippen molar-refractivity contribution in [2.45, 2.75) is 177 Å². The molecule has 3 heterocycles. The molecular formula is C70H96N8O20S5. The molecule has 33 heteroatoms. The van der Waals surface area contributed by atoms with Crippen LogP contribution >= 0.6 is 45.6 Å². The fraction of sp³-hybridized carbons (Fsp3) is 0.600. The van der Waals surface area contributed by atoms with E-state index in [2.05, 4.69) is 26.0 Å². The van der Waals surface area contributed by atoms with Crippen molar-refractivity contribution in [1.29, 1.82) is 0 Å². The molecule has 103 heavy (non-hydrogen) atoms. The summed E-state index contributed by atoms with van der Waals surface area (Å²) < 4.78 is 61.8. The van der Waals surface area contributed by atoms with Crippen molar-refractivity contribution in [3.8, 4) is 0 Å². The molecule has 3 aromatic carbocycles. The highest BCUT2D eigenvalue weighted by atomic mass is 33.1. The molecule has 4 amide bonds. The first-order chi connectivity index (χ1) is 48.9. The third-order valence-electron chi connectivity index (χ3n) is 18.9. The molecule has 3 aromatic rings. The number of thiocarbonyl (C=S) groups is 1. The summed E-state index contributed by atoms with van der Waals surface area (Å²) in [5.41, 5.74) is -1.18. The Labute approximate surface area is 618 Å². The number of nitrogens with zero attached hydrogens (tertiary/aromatic N) is 5. The fourth-order valence-electron chi connectivity index (χ4n) is 12.5. The van der Waals surface area contributed by atoms with Gasteiger partial charge < -0.3 is 69.8 Å². The highest BCUT2D eigenvalue weighted by molar-refractivity contribution is 8.76. The number of para-hydroxylation sites is 1. The second-order valence-corrected chi connectivity index (χ2v) is 32.7. The van der Waals surface area contributed by atoms with Gasteiger partial charge in [-0.3, -0.25) is 47.9 Å². The molecule has 11 atom stereocenters. The molecule has 3 aliphatic rings. The third-order valence-corrected chi connectivity index (χ3v) is 24.5. The standard InChI is InChI=1S/C70H96N8O20S5/c1-9-56(85)96-39-41-101-100-40-29-48(82)26-27-54(103(91,92)93)52(83)24-17-25-55(84)77-42-47-20-13-14-21-49(47)60-58(50-22-15-16-23-51(50)77)75-76-78(60)33-36-95-57(86)28-30-68(5,71-8)44-69(6,67(3,4)70(7,66(90)72-31-34-79)102-64(99)46-18-11-10-12-19-46)65(89)73-32-35-94-37-38-97-63-59(74-45(2)81)62(88)61(87)53(43-80)98-63/h10-16,18-23,53-54,58-63,79-80,87-88H,9,17,24-44H2,1-7H3,(H,72,90)(H,73,89)(H,74,81)(H,91,92,93)/t53-,54?,58?,59-,60?,61?,62-,63-,68?,69?,70?/m1/s1. The quantitative estimate of drug-likeness (QED) is 0.00743. The minimum atomic E-state index is -4.89. The van der Waals surface area contributed by atoms with E-state index in [0.717, 1.165) is 22.9 Å². The number of Topliss-reactive ketones (excluding diaryl/α,β-unsaturated/α-hetero) is 2. The Kier molecular flexibility index (Phi) is 33.4. The maximum Gasteiger partial charge on any atom is 0.306 e. The molecule has 0 aromatic heterocycles. The lowest BCUT2D eigenvalue weighted by atomic mass is 9.55. The lowest BCUT2D eigenvalue weighted by Gasteiger charge is -2.53. The summed E-state index contributed by atoms with van der Waals surface area (Å²) in [6.45, 7) is 18.7. The minimum Gasteiger partial charge on any atom is -0.465 e. The number of ketones is 2. The van der Waals surface area contributed by atoms with Gasteiger partial charge in [0.1, 0.15) is 65.4 Å².